The fraction of sp³-hybridized carbons (Fsp3) is 0.667. The van der Waals surface area contributed by atoms with Gasteiger partial charge in [-0.25, -0.2) is 0 Å². The summed E-state index contributed by atoms with van der Waals surface area (Å²) >= 11 is 7.96. The van der Waals surface area contributed by atoms with E-state index in [1.54, 1.807) is 11.3 Å². The van der Waals surface area contributed by atoms with E-state index < -0.39 is 0 Å². The Morgan fingerprint density at radius 2 is 2.33 bits per heavy atom. The molecular formula is C12H18ClNS. The summed E-state index contributed by atoms with van der Waals surface area (Å²) in [6, 6.07) is 0. The molecule has 2 rings (SSSR count). The summed E-state index contributed by atoms with van der Waals surface area (Å²) in [5.74, 6) is 0.878. The molecule has 84 valence electrons. The number of hydrogen-bond acceptors (Lipinski definition) is 2. The van der Waals surface area contributed by atoms with Crippen molar-refractivity contribution >= 4 is 22.9 Å². The standard InChI is InChI=1S/C12H18ClNS/c1-2-3-8-4-5-9-10(7-14)12(13)15-11(9)6-8/h8H,2-7,14H2,1H3. The first kappa shape index (κ1) is 11.4. The molecule has 1 nitrogen and oxygen atoms in total. The molecule has 1 atom stereocenters. The molecule has 0 saturated carbocycles. The molecule has 0 spiro atoms. The highest BCUT2D eigenvalue weighted by molar-refractivity contribution is 7.16. The Bertz CT molecular complexity index is 346. The molecule has 0 radical (unpaired) electrons. The van der Waals surface area contributed by atoms with E-state index in [0.29, 0.717) is 6.54 Å². The van der Waals surface area contributed by atoms with E-state index in [9.17, 15) is 0 Å². The summed E-state index contributed by atoms with van der Waals surface area (Å²) in [5, 5.41) is 0. The number of nitrogens with two attached hydrogens (primary N) is 1. The number of thiophene rings is 1. The van der Waals surface area contributed by atoms with E-state index in [2.05, 4.69) is 6.92 Å². The molecule has 0 bridgehead atoms. The molecule has 1 aromatic heterocycles. The number of halogens is 1. The first-order valence-electron chi connectivity index (χ1n) is 5.75. The van der Waals surface area contributed by atoms with Crippen molar-refractivity contribution in [2.45, 2.75) is 45.6 Å². The highest BCUT2D eigenvalue weighted by Gasteiger charge is 2.23. The van der Waals surface area contributed by atoms with Crippen molar-refractivity contribution in [1.82, 2.24) is 0 Å². The Morgan fingerprint density at radius 1 is 1.53 bits per heavy atom. The second-order valence-electron chi connectivity index (χ2n) is 4.36. The first-order chi connectivity index (χ1) is 7.26. The van der Waals surface area contributed by atoms with Gasteiger partial charge in [-0.1, -0.05) is 31.4 Å². The van der Waals surface area contributed by atoms with Crippen LogP contribution in [-0.4, -0.2) is 0 Å². The van der Waals surface area contributed by atoms with Gasteiger partial charge in [-0.15, -0.1) is 11.3 Å². The molecule has 1 aromatic rings. The predicted octanol–water partition coefficient (Wildman–Crippen LogP) is 3.77. The Balaban J connectivity index is 2.20. The molecule has 1 aliphatic rings. The third-order valence-corrected chi connectivity index (χ3v) is 4.87. The zero-order chi connectivity index (χ0) is 10.8. The second kappa shape index (κ2) is 4.86. The van der Waals surface area contributed by atoms with Gasteiger partial charge < -0.3 is 5.73 Å². The minimum absolute atomic E-state index is 0.600. The minimum Gasteiger partial charge on any atom is -0.326 e. The molecular weight excluding hydrogens is 226 g/mol. The zero-order valence-corrected chi connectivity index (χ0v) is 10.8. The average Bonchev–Trinajstić information content (AvgIpc) is 2.53. The van der Waals surface area contributed by atoms with Crippen LogP contribution in [-0.2, 0) is 19.4 Å². The van der Waals surface area contributed by atoms with Crippen LogP contribution in [0.5, 0.6) is 0 Å². The molecule has 3 heteroatoms. The number of hydrogen-bond donors (Lipinski definition) is 1. The van der Waals surface area contributed by atoms with Gasteiger partial charge >= 0.3 is 0 Å². The molecule has 1 aliphatic carbocycles. The summed E-state index contributed by atoms with van der Waals surface area (Å²) in [6.45, 7) is 2.87. The maximum Gasteiger partial charge on any atom is 0.0978 e. The van der Waals surface area contributed by atoms with Crippen LogP contribution in [0.4, 0.5) is 0 Å². The Hall–Kier alpha value is -0.0500. The summed E-state index contributed by atoms with van der Waals surface area (Å²) in [7, 11) is 0. The average molecular weight is 244 g/mol. The van der Waals surface area contributed by atoms with E-state index in [1.807, 2.05) is 0 Å². The fourth-order valence-corrected chi connectivity index (χ4v) is 4.23. The SMILES string of the molecule is CCCC1CCc2c(sc(Cl)c2CN)C1. The largest absolute Gasteiger partial charge is 0.326 e. The molecule has 0 aromatic carbocycles. The van der Waals surface area contributed by atoms with Crippen LogP contribution >= 0.6 is 22.9 Å². The lowest BCUT2D eigenvalue weighted by Gasteiger charge is -2.22. The smallest absolute Gasteiger partial charge is 0.0978 e. The van der Waals surface area contributed by atoms with E-state index >= 15 is 0 Å². The molecule has 15 heavy (non-hydrogen) atoms. The van der Waals surface area contributed by atoms with Gasteiger partial charge in [0.2, 0.25) is 0 Å². The van der Waals surface area contributed by atoms with Crippen molar-refractivity contribution < 1.29 is 0 Å². The van der Waals surface area contributed by atoms with Crippen LogP contribution < -0.4 is 5.73 Å². The van der Waals surface area contributed by atoms with Crippen molar-refractivity contribution in [1.29, 1.82) is 0 Å². The summed E-state index contributed by atoms with van der Waals surface area (Å²) in [6.07, 6.45) is 6.39. The van der Waals surface area contributed by atoms with Crippen molar-refractivity contribution in [3.8, 4) is 0 Å². The normalized spacial score (nSPS) is 20.3. The Morgan fingerprint density at radius 3 is 3.00 bits per heavy atom. The molecule has 1 heterocycles. The highest BCUT2D eigenvalue weighted by atomic mass is 35.5. The van der Waals surface area contributed by atoms with Gasteiger partial charge in [-0.3, -0.25) is 0 Å². The van der Waals surface area contributed by atoms with Crippen LogP contribution in [0.3, 0.4) is 0 Å². The van der Waals surface area contributed by atoms with Crippen molar-refractivity contribution in [2.24, 2.45) is 11.7 Å². The summed E-state index contributed by atoms with van der Waals surface area (Å²) in [4.78, 5) is 1.50. The topological polar surface area (TPSA) is 26.0 Å². The summed E-state index contributed by atoms with van der Waals surface area (Å²) in [5.41, 5.74) is 8.42. The van der Waals surface area contributed by atoms with Gasteiger partial charge in [0.25, 0.3) is 0 Å². The van der Waals surface area contributed by atoms with E-state index in [4.69, 9.17) is 17.3 Å². The Labute approximate surface area is 101 Å². The Kier molecular flexibility index (Phi) is 3.70. The molecule has 0 aliphatic heterocycles. The van der Waals surface area contributed by atoms with Crippen LogP contribution in [0, 0.1) is 5.92 Å². The van der Waals surface area contributed by atoms with Gasteiger partial charge in [-0.2, -0.15) is 0 Å². The quantitative estimate of drug-likeness (QED) is 0.860. The predicted molar refractivity (Wildman–Crippen MR) is 67.6 cm³/mol. The van der Waals surface area contributed by atoms with Gasteiger partial charge in [0, 0.05) is 11.4 Å². The maximum absolute atomic E-state index is 6.20. The third kappa shape index (κ3) is 2.22. The first-order valence-corrected chi connectivity index (χ1v) is 6.94. The molecule has 0 saturated heterocycles. The van der Waals surface area contributed by atoms with Crippen LogP contribution in [0.2, 0.25) is 4.34 Å². The second-order valence-corrected chi connectivity index (χ2v) is 6.06. The lowest BCUT2D eigenvalue weighted by Crippen LogP contribution is -2.13. The van der Waals surface area contributed by atoms with Gasteiger partial charge in [-0.05, 0) is 36.3 Å². The van der Waals surface area contributed by atoms with Crippen LogP contribution in [0.25, 0.3) is 0 Å². The molecule has 0 fully saturated rings. The molecule has 1 unspecified atom stereocenters. The van der Waals surface area contributed by atoms with Gasteiger partial charge in [0.05, 0.1) is 4.34 Å². The number of rotatable bonds is 3. The maximum atomic E-state index is 6.20. The van der Waals surface area contributed by atoms with E-state index in [1.165, 1.54) is 48.1 Å². The van der Waals surface area contributed by atoms with Crippen molar-refractivity contribution in [2.75, 3.05) is 0 Å². The third-order valence-electron chi connectivity index (χ3n) is 3.33. The number of fused-ring (bicyclic) bond motifs is 1. The van der Waals surface area contributed by atoms with Crippen LogP contribution in [0.1, 0.15) is 42.2 Å². The lowest BCUT2D eigenvalue weighted by molar-refractivity contribution is 0.426. The van der Waals surface area contributed by atoms with Crippen LogP contribution in [0.15, 0.2) is 0 Å². The monoisotopic (exact) mass is 243 g/mol. The minimum atomic E-state index is 0.600. The van der Waals surface area contributed by atoms with Crippen molar-refractivity contribution in [3.05, 3.63) is 20.3 Å². The molecule has 0 amide bonds. The molecule has 2 N–H and O–H groups in total. The van der Waals surface area contributed by atoms with E-state index in [0.717, 1.165) is 10.3 Å². The van der Waals surface area contributed by atoms with E-state index in [-0.39, 0.29) is 0 Å². The van der Waals surface area contributed by atoms with Gasteiger partial charge in [0.15, 0.2) is 0 Å². The van der Waals surface area contributed by atoms with Crippen molar-refractivity contribution in [3.63, 3.8) is 0 Å². The summed E-state index contributed by atoms with van der Waals surface area (Å²) < 4.78 is 0.930. The lowest BCUT2D eigenvalue weighted by atomic mass is 9.85. The zero-order valence-electron chi connectivity index (χ0n) is 9.18. The fourth-order valence-electron chi connectivity index (χ4n) is 2.54. The van der Waals surface area contributed by atoms with Gasteiger partial charge in [0.1, 0.15) is 0 Å². The highest BCUT2D eigenvalue weighted by Crippen LogP contribution is 2.39.